The van der Waals surface area contributed by atoms with Gasteiger partial charge in [-0.2, -0.15) is 0 Å². The predicted octanol–water partition coefficient (Wildman–Crippen LogP) is 4.82. The SMILES string of the molecule is C1C2CC3C4CC5CC(C14)C(C2)C3C5.O=Cc1ccccc1. The van der Waals surface area contributed by atoms with Crippen LogP contribution in [0.15, 0.2) is 30.3 Å². The van der Waals surface area contributed by atoms with Crippen molar-refractivity contribution >= 4 is 6.29 Å². The van der Waals surface area contributed by atoms with Crippen molar-refractivity contribution in [1.29, 1.82) is 0 Å². The van der Waals surface area contributed by atoms with Crippen molar-refractivity contribution in [3.8, 4) is 0 Å². The van der Waals surface area contributed by atoms with Crippen LogP contribution in [0.2, 0.25) is 0 Å². The lowest BCUT2D eigenvalue weighted by Crippen LogP contribution is -2.62. The van der Waals surface area contributed by atoms with Crippen LogP contribution in [0.3, 0.4) is 0 Å². The van der Waals surface area contributed by atoms with Gasteiger partial charge in [0.1, 0.15) is 6.29 Å². The van der Waals surface area contributed by atoms with E-state index < -0.39 is 0 Å². The van der Waals surface area contributed by atoms with Gasteiger partial charge in [-0.15, -0.1) is 0 Å². The number of hydrogen-bond acceptors (Lipinski definition) is 1. The fourth-order valence-electron chi connectivity index (χ4n) is 7.42. The topological polar surface area (TPSA) is 17.1 Å². The number of rotatable bonds is 1. The van der Waals surface area contributed by atoms with Crippen LogP contribution >= 0.6 is 0 Å². The summed E-state index contributed by atoms with van der Waals surface area (Å²) in [6.45, 7) is 0. The molecule has 1 heteroatoms. The van der Waals surface area contributed by atoms with Crippen LogP contribution in [0.1, 0.15) is 48.9 Å². The second kappa shape index (κ2) is 4.94. The van der Waals surface area contributed by atoms with Gasteiger partial charge in [0.15, 0.2) is 0 Å². The molecule has 8 rings (SSSR count). The first-order valence-electron chi connectivity index (χ1n) is 9.33. The summed E-state index contributed by atoms with van der Waals surface area (Å²) in [6, 6.07) is 9.10. The summed E-state index contributed by atoms with van der Waals surface area (Å²) in [7, 11) is 0. The average Bonchev–Trinajstić information content (AvgIpc) is 2.60. The van der Waals surface area contributed by atoms with Crippen LogP contribution in [-0.4, -0.2) is 6.29 Å². The minimum atomic E-state index is 0.729. The van der Waals surface area contributed by atoms with Crippen LogP contribution in [0, 0.1) is 47.3 Å². The Morgan fingerprint density at radius 1 is 0.636 bits per heavy atom. The number of carbonyl (C=O) groups excluding carboxylic acids is 1. The zero-order valence-electron chi connectivity index (χ0n) is 13.2. The van der Waals surface area contributed by atoms with Crippen molar-refractivity contribution in [3.63, 3.8) is 0 Å². The summed E-state index contributed by atoms with van der Waals surface area (Å²) >= 11 is 0. The van der Waals surface area contributed by atoms with Gasteiger partial charge in [-0.25, -0.2) is 0 Å². The first kappa shape index (κ1) is 13.3. The fourth-order valence-corrected chi connectivity index (χ4v) is 7.42. The average molecular weight is 294 g/mol. The molecule has 0 unspecified atom stereocenters. The molecule has 7 aliphatic carbocycles. The Balaban J connectivity index is 0.000000122. The Bertz CT molecular complexity index is 475. The number of benzene rings is 1. The third-order valence-corrected chi connectivity index (χ3v) is 7.87. The highest BCUT2D eigenvalue weighted by Crippen LogP contribution is 2.71. The molecule has 7 fully saturated rings. The van der Waals surface area contributed by atoms with Crippen molar-refractivity contribution < 1.29 is 4.79 Å². The van der Waals surface area contributed by atoms with Gasteiger partial charge in [-0.3, -0.25) is 4.79 Å². The van der Waals surface area contributed by atoms with E-state index in [0.29, 0.717) is 0 Å². The van der Waals surface area contributed by atoms with Crippen molar-refractivity contribution in [2.24, 2.45) is 47.3 Å². The summed E-state index contributed by atoms with van der Waals surface area (Å²) in [5, 5.41) is 0. The minimum absolute atomic E-state index is 0.729. The Morgan fingerprint density at radius 3 is 1.27 bits per heavy atom. The molecule has 0 spiro atoms. The summed E-state index contributed by atoms with van der Waals surface area (Å²) in [5.41, 5.74) is 0.729. The van der Waals surface area contributed by atoms with Crippen LogP contribution < -0.4 is 0 Å². The Morgan fingerprint density at radius 2 is 1.00 bits per heavy atom. The lowest BCUT2D eigenvalue weighted by Gasteiger charge is -2.69. The zero-order chi connectivity index (χ0) is 14.7. The summed E-state index contributed by atoms with van der Waals surface area (Å²) in [4.78, 5) is 10.0. The van der Waals surface area contributed by atoms with E-state index in [1.165, 1.54) is 47.3 Å². The normalized spacial score (nSPS) is 48.9. The van der Waals surface area contributed by atoms with E-state index in [2.05, 4.69) is 0 Å². The van der Waals surface area contributed by atoms with Crippen LogP contribution in [0.4, 0.5) is 0 Å². The second-order valence-electron chi connectivity index (χ2n) is 8.66. The molecular weight excluding hydrogens is 268 g/mol. The van der Waals surface area contributed by atoms with E-state index in [4.69, 9.17) is 0 Å². The van der Waals surface area contributed by atoms with E-state index in [9.17, 15) is 4.79 Å². The monoisotopic (exact) mass is 294 g/mol. The van der Waals surface area contributed by atoms with Crippen LogP contribution in [0.5, 0.6) is 0 Å². The maximum absolute atomic E-state index is 10.0. The van der Waals surface area contributed by atoms with Gasteiger partial charge >= 0.3 is 0 Å². The zero-order valence-corrected chi connectivity index (χ0v) is 13.2. The van der Waals surface area contributed by atoms with Crippen LogP contribution in [0.25, 0.3) is 0 Å². The van der Waals surface area contributed by atoms with Gasteiger partial charge in [0.25, 0.3) is 0 Å². The lowest BCUT2D eigenvalue weighted by atomic mass is 9.36. The highest BCUT2D eigenvalue weighted by atomic mass is 16.1. The van der Waals surface area contributed by atoms with Crippen LogP contribution in [-0.2, 0) is 0 Å². The van der Waals surface area contributed by atoms with Crippen molar-refractivity contribution in [2.75, 3.05) is 0 Å². The molecule has 1 aromatic rings. The number of aldehydes is 1. The van der Waals surface area contributed by atoms with E-state index in [1.54, 1.807) is 50.7 Å². The molecule has 7 saturated carbocycles. The van der Waals surface area contributed by atoms with Crippen molar-refractivity contribution in [2.45, 2.75) is 38.5 Å². The Labute approximate surface area is 133 Å². The molecule has 0 N–H and O–H groups in total. The summed E-state index contributed by atoms with van der Waals surface area (Å²) in [5.74, 6) is 9.74. The third kappa shape index (κ3) is 1.87. The van der Waals surface area contributed by atoms with E-state index in [0.717, 1.165) is 11.8 Å². The molecule has 0 heterocycles. The molecule has 8 bridgehead atoms. The van der Waals surface area contributed by atoms with Gasteiger partial charge in [0.2, 0.25) is 0 Å². The molecular formula is C21H26O. The molecule has 0 amide bonds. The minimum Gasteiger partial charge on any atom is -0.298 e. The molecule has 1 nitrogen and oxygen atoms in total. The molecule has 7 aliphatic rings. The smallest absolute Gasteiger partial charge is 0.150 e. The molecule has 0 aliphatic heterocycles. The molecule has 0 radical (unpaired) electrons. The highest BCUT2D eigenvalue weighted by molar-refractivity contribution is 5.74. The third-order valence-electron chi connectivity index (χ3n) is 7.87. The quantitative estimate of drug-likeness (QED) is 0.678. The standard InChI is InChI=1S/C14H20.C7H6O/c1-7-2-12-10-4-8-5-11(9(1)10)13(3-7)14(12)6-8;8-6-7-4-2-1-3-5-7/h7-14H,1-6H2;1-6H. The van der Waals surface area contributed by atoms with Gasteiger partial charge in [-0.05, 0) is 85.9 Å². The molecule has 116 valence electrons. The molecule has 0 aromatic heterocycles. The maximum atomic E-state index is 10.0. The number of hydrogen-bond donors (Lipinski definition) is 0. The first-order valence-corrected chi connectivity index (χ1v) is 9.33. The Kier molecular flexibility index (Phi) is 3.00. The highest BCUT2D eigenvalue weighted by Gasteiger charge is 2.63. The molecule has 0 saturated heterocycles. The van der Waals surface area contributed by atoms with Crippen molar-refractivity contribution in [3.05, 3.63) is 35.9 Å². The van der Waals surface area contributed by atoms with Gasteiger partial charge < -0.3 is 0 Å². The van der Waals surface area contributed by atoms with Gasteiger partial charge in [0.05, 0.1) is 0 Å². The first-order chi connectivity index (χ1) is 10.8. The van der Waals surface area contributed by atoms with Crippen molar-refractivity contribution in [1.82, 2.24) is 0 Å². The summed E-state index contributed by atoms with van der Waals surface area (Å²) < 4.78 is 0. The van der Waals surface area contributed by atoms with E-state index in [-0.39, 0.29) is 0 Å². The molecule has 0 atom stereocenters. The fraction of sp³-hybridized carbons (Fsp3) is 0.667. The van der Waals surface area contributed by atoms with E-state index in [1.807, 2.05) is 18.2 Å². The van der Waals surface area contributed by atoms with E-state index >= 15 is 0 Å². The summed E-state index contributed by atoms with van der Waals surface area (Å²) in [6.07, 6.45) is 10.8. The van der Waals surface area contributed by atoms with Gasteiger partial charge in [0, 0.05) is 5.56 Å². The molecule has 22 heavy (non-hydrogen) atoms. The number of carbonyl (C=O) groups is 1. The predicted molar refractivity (Wildman–Crippen MR) is 87.5 cm³/mol. The lowest BCUT2D eigenvalue weighted by molar-refractivity contribution is -0.202. The maximum Gasteiger partial charge on any atom is 0.150 e. The largest absolute Gasteiger partial charge is 0.298 e. The van der Waals surface area contributed by atoms with Gasteiger partial charge in [-0.1, -0.05) is 30.3 Å². The Hall–Kier alpha value is -1.11. The molecule has 1 aromatic carbocycles. The second-order valence-corrected chi connectivity index (χ2v) is 8.66.